The van der Waals surface area contributed by atoms with Crippen molar-refractivity contribution in [1.29, 1.82) is 0 Å². The van der Waals surface area contributed by atoms with Crippen LogP contribution in [0.15, 0.2) is 24.5 Å². The van der Waals surface area contributed by atoms with Gasteiger partial charge in [-0.3, -0.25) is 9.88 Å². The molecule has 1 aromatic heterocycles. The number of likely N-dealkylation sites (tertiary alicyclic amines) is 1. The van der Waals surface area contributed by atoms with Crippen LogP contribution in [0.4, 0.5) is 0 Å². The van der Waals surface area contributed by atoms with Crippen LogP contribution in [-0.4, -0.2) is 40.2 Å². The van der Waals surface area contributed by atoms with Gasteiger partial charge in [0.1, 0.15) is 0 Å². The Kier molecular flexibility index (Phi) is 4.32. The zero-order valence-electron chi connectivity index (χ0n) is 11.2. The topological polar surface area (TPSA) is 62.4 Å². The quantitative estimate of drug-likeness (QED) is 0.844. The molecule has 1 fully saturated rings. The van der Waals surface area contributed by atoms with Crippen molar-refractivity contribution in [3.8, 4) is 0 Å². The first-order valence-corrected chi connectivity index (χ1v) is 6.67. The highest BCUT2D eigenvalue weighted by Gasteiger charge is 2.31. The molecule has 1 aromatic rings. The molecule has 1 saturated heterocycles. The van der Waals surface area contributed by atoms with Gasteiger partial charge in [-0.15, -0.1) is 0 Å². The predicted molar refractivity (Wildman–Crippen MR) is 72.0 cm³/mol. The van der Waals surface area contributed by atoms with Gasteiger partial charge >= 0.3 is 0 Å². The average Bonchev–Trinajstić information content (AvgIpc) is 2.35. The van der Waals surface area contributed by atoms with Crippen molar-refractivity contribution in [1.82, 2.24) is 9.88 Å². The number of pyridine rings is 1. The first kappa shape index (κ1) is 13.5. The Morgan fingerprint density at radius 1 is 1.56 bits per heavy atom. The number of hydrogen-bond donors (Lipinski definition) is 2. The first-order chi connectivity index (χ1) is 8.59. The van der Waals surface area contributed by atoms with Crippen molar-refractivity contribution in [3.05, 3.63) is 30.1 Å². The SMILES string of the molecule is CC(N)C(c1cccnc1)N1CCC(O)C(C)C1. The molecular formula is C14H23N3O. The van der Waals surface area contributed by atoms with Crippen LogP contribution < -0.4 is 5.73 Å². The van der Waals surface area contributed by atoms with Crippen molar-refractivity contribution < 1.29 is 5.11 Å². The summed E-state index contributed by atoms with van der Waals surface area (Å²) in [6.07, 6.45) is 4.32. The maximum atomic E-state index is 9.82. The van der Waals surface area contributed by atoms with E-state index < -0.39 is 0 Å². The van der Waals surface area contributed by atoms with Gasteiger partial charge in [0.2, 0.25) is 0 Å². The Morgan fingerprint density at radius 2 is 2.33 bits per heavy atom. The minimum Gasteiger partial charge on any atom is -0.393 e. The molecule has 4 atom stereocenters. The summed E-state index contributed by atoms with van der Waals surface area (Å²) in [5.41, 5.74) is 7.31. The lowest BCUT2D eigenvalue weighted by atomic mass is 9.92. The summed E-state index contributed by atoms with van der Waals surface area (Å²) >= 11 is 0. The maximum absolute atomic E-state index is 9.82. The van der Waals surface area contributed by atoms with Gasteiger partial charge in [0.05, 0.1) is 12.1 Å². The number of nitrogens with two attached hydrogens (primary N) is 1. The van der Waals surface area contributed by atoms with E-state index in [1.54, 1.807) is 6.20 Å². The third-order valence-electron chi connectivity index (χ3n) is 3.81. The lowest BCUT2D eigenvalue weighted by Gasteiger charge is -2.41. The summed E-state index contributed by atoms with van der Waals surface area (Å²) in [4.78, 5) is 6.56. The average molecular weight is 249 g/mol. The third-order valence-corrected chi connectivity index (χ3v) is 3.81. The number of piperidine rings is 1. The Bertz CT molecular complexity index is 369. The lowest BCUT2D eigenvalue weighted by molar-refractivity contribution is 0.0125. The van der Waals surface area contributed by atoms with E-state index in [2.05, 4.69) is 22.9 Å². The Labute approximate surface area is 109 Å². The molecule has 18 heavy (non-hydrogen) atoms. The van der Waals surface area contributed by atoms with Crippen LogP contribution in [0.1, 0.15) is 31.9 Å². The number of aliphatic hydroxyl groups is 1. The van der Waals surface area contributed by atoms with Crippen LogP contribution in [-0.2, 0) is 0 Å². The van der Waals surface area contributed by atoms with Crippen molar-refractivity contribution in [2.75, 3.05) is 13.1 Å². The minimum absolute atomic E-state index is 0.0524. The lowest BCUT2D eigenvalue weighted by Crippen LogP contribution is -2.48. The summed E-state index contributed by atoms with van der Waals surface area (Å²) in [7, 11) is 0. The Morgan fingerprint density at radius 3 is 2.89 bits per heavy atom. The molecule has 1 aliphatic heterocycles. The van der Waals surface area contributed by atoms with Gasteiger partial charge in [-0.2, -0.15) is 0 Å². The second-order valence-corrected chi connectivity index (χ2v) is 5.42. The van der Waals surface area contributed by atoms with Crippen LogP contribution >= 0.6 is 0 Å². The van der Waals surface area contributed by atoms with E-state index >= 15 is 0 Å². The summed E-state index contributed by atoms with van der Waals surface area (Å²) < 4.78 is 0. The monoisotopic (exact) mass is 249 g/mol. The van der Waals surface area contributed by atoms with E-state index in [1.165, 1.54) is 0 Å². The van der Waals surface area contributed by atoms with Crippen molar-refractivity contribution in [2.24, 2.45) is 11.7 Å². The number of rotatable bonds is 3. The van der Waals surface area contributed by atoms with E-state index in [9.17, 15) is 5.11 Å². The molecule has 2 rings (SSSR count). The van der Waals surface area contributed by atoms with Crippen LogP contribution in [0, 0.1) is 5.92 Å². The predicted octanol–water partition coefficient (Wildman–Crippen LogP) is 1.17. The molecule has 4 unspecified atom stereocenters. The van der Waals surface area contributed by atoms with Gasteiger partial charge in [-0.05, 0) is 30.9 Å². The fraction of sp³-hybridized carbons (Fsp3) is 0.643. The molecule has 0 amide bonds. The van der Waals surface area contributed by atoms with Crippen molar-refractivity contribution in [2.45, 2.75) is 38.5 Å². The molecule has 100 valence electrons. The summed E-state index contributed by atoms with van der Waals surface area (Å²) in [6, 6.07) is 4.27. The molecule has 1 aliphatic rings. The van der Waals surface area contributed by atoms with E-state index in [0.29, 0.717) is 5.92 Å². The third kappa shape index (κ3) is 2.88. The van der Waals surface area contributed by atoms with Gasteiger partial charge in [0.15, 0.2) is 0 Å². The zero-order chi connectivity index (χ0) is 13.1. The zero-order valence-corrected chi connectivity index (χ0v) is 11.2. The highest BCUT2D eigenvalue weighted by Crippen LogP contribution is 2.28. The van der Waals surface area contributed by atoms with Crippen molar-refractivity contribution in [3.63, 3.8) is 0 Å². The molecule has 0 bridgehead atoms. The van der Waals surface area contributed by atoms with Gasteiger partial charge in [0, 0.05) is 31.5 Å². The number of aromatic nitrogens is 1. The van der Waals surface area contributed by atoms with Gasteiger partial charge in [0.25, 0.3) is 0 Å². The smallest absolute Gasteiger partial charge is 0.0590 e. The second kappa shape index (κ2) is 5.78. The van der Waals surface area contributed by atoms with Gasteiger partial charge in [-0.25, -0.2) is 0 Å². The number of hydrogen-bond acceptors (Lipinski definition) is 4. The van der Waals surface area contributed by atoms with E-state index in [4.69, 9.17) is 5.73 Å². The standard InChI is InChI=1S/C14H23N3O/c1-10-9-17(7-5-13(10)18)14(11(2)15)12-4-3-6-16-8-12/h3-4,6,8,10-11,13-14,18H,5,7,9,15H2,1-2H3. The number of nitrogens with zero attached hydrogens (tertiary/aromatic N) is 2. The largest absolute Gasteiger partial charge is 0.393 e. The maximum Gasteiger partial charge on any atom is 0.0590 e. The molecule has 3 N–H and O–H groups in total. The molecule has 0 aromatic carbocycles. The molecule has 2 heterocycles. The van der Waals surface area contributed by atoms with Crippen LogP contribution in [0.2, 0.25) is 0 Å². The summed E-state index contributed by atoms with van der Waals surface area (Å²) in [5.74, 6) is 0.302. The summed E-state index contributed by atoms with van der Waals surface area (Å²) in [5, 5.41) is 9.82. The fourth-order valence-electron chi connectivity index (χ4n) is 2.82. The van der Waals surface area contributed by atoms with E-state index in [0.717, 1.165) is 25.1 Å². The minimum atomic E-state index is -0.177. The molecule has 4 nitrogen and oxygen atoms in total. The van der Waals surface area contributed by atoms with Gasteiger partial charge in [-0.1, -0.05) is 13.0 Å². The van der Waals surface area contributed by atoms with Gasteiger partial charge < -0.3 is 10.8 Å². The van der Waals surface area contributed by atoms with E-state index in [-0.39, 0.29) is 18.2 Å². The fourth-order valence-corrected chi connectivity index (χ4v) is 2.82. The van der Waals surface area contributed by atoms with Crippen molar-refractivity contribution >= 4 is 0 Å². The Hall–Kier alpha value is -0.970. The highest BCUT2D eigenvalue weighted by molar-refractivity contribution is 5.16. The number of aliphatic hydroxyl groups excluding tert-OH is 1. The van der Waals surface area contributed by atoms with Crippen LogP contribution in [0.25, 0.3) is 0 Å². The van der Waals surface area contributed by atoms with E-state index in [1.807, 2.05) is 19.2 Å². The summed E-state index contributed by atoms with van der Waals surface area (Å²) in [6.45, 7) is 5.92. The normalized spacial score (nSPS) is 28.9. The molecular weight excluding hydrogens is 226 g/mol. The highest BCUT2D eigenvalue weighted by atomic mass is 16.3. The Balaban J connectivity index is 2.16. The molecule has 0 spiro atoms. The molecule has 0 aliphatic carbocycles. The first-order valence-electron chi connectivity index (χ1n) is 6.67. The molecule has 4 heteroatoms. The van der Waals surface area contributed by atoms with Crippen LogP contribution in [0.3, 0.4) is 0 Å². The molecule has 0 radical (unpaired) electrons. The molecule has 0 saturated carbocycles. The van der Waals surface area contributed by atoms with Crippen LogP contribution in [0.5, 0.6) is 0 Å². The second-order valence-electron chi connectivity index (χ2n) is 5.42.